The van der Waals surface area contributed by atoms with Crippen molar-refractivity contribution in [1.29, 1.82) is 0 Å². The molecule has 0 N–H and O–H groups in total. The number of aldehydes is 1. The van der Waals surface area contributed by atoms with Crippen molar-refractivity contribution in [2.24, 2.45) is 0 Å². The van der Waals surface area contributed by atoms with Crippen molar-refractivity contribution in [2.75, 3.05) is 13.2 Å². The summed E-state index contributed by atoms with van der Waals surface area (Å²) in [5.41, 5.74) is 0.460. The fourth-order valence-corrected chi connectivity index (χ4v) is 5.11. The highest BCUT2D eigenvalue weighted by molar-refractivity contribution is 6.75. The Balaban J connectivity index is 2.55. The van der Waals surface area contributed by atoms with Gasteiger partial charge in [-0.2, -0.15) is 0 Å². The standard InChI is InChI=1S/C24H42O4Si2/c1-22(2,3)29(7,8)27-20-15-19(24(18-25)11-13-26-14-12-24)16-21(17-20)28-30(9,10)23(4,5)6/h15-18H,11-14H2,1-10H3. The topological polar surface area (TPSA) is 44.8 Å². The van der Waals surface area contributed by atoms with Crippen LogP contribution in [0.4, 0.5) is 0 Å². The lowest BCUT2D eigenvalue weighted by Gasteiger charge is -2.39. The monoisotopic (exact) mass is 450 g/mol. The molecule has 0 bridgehead atoms. The second-order valence-electron chi connectivity index (χ2n) is 11.8. The fraction of sp³-hybridized carbons (Fsp3) is 0.708. The van der Waals surface area contributed by atoms with E-state index in [9.17, 15) is 4.79 Å². The quantitative estimate of drug-likeness (QED) is 0.357. The molecule has 1 saturated heterocycles. The molecule has 0 spiro atoms. The van der Waals surface area contributed by atoms with Gasteiger partial charge in [-0.3, -0.25) is 0 Å². The van der Waals surface area contributed by atoms with Crippen LogP contribution in [0.5, 0.6) is 11.5 Å². The maximum atomic E-state index is 12.3. The molecule has 30 heavy (non-hydrogen) atoms. The summed E-state index contributed by atoms with van der Waals surface area (Å²) in [6.07, 6.45) is 2.50. The number of benzene rings is 1. The van der Waals surface area contributed by atoms with Gasteiger partial charge in [0.2, 0.25) is 16.6 Å². The Hall–Kier alpha value is -1.12. The molecular weight excluding hydrogens is 408 g/mol. The van der Waals surface area contributed by atoms with Gasteiger partial charge >= 0.3 is 0 Å². The lowest BCUT2D eigenvalue weighted by molar-refractivity contribution is -0.115. The number of carbonyl (C=O) groups is 1. The van der Waals surface area contributed by atoms with Crippen LogP contribution in [0.2, 0.25) is 36.3 Å². The fourth-order valence-electron chi connectivity index (χ4n) is 3.08. The first-order valence-electron chi connectivity index (χ1n) is 11.1. The molecule has 0 radical (unpaired) electrons. The zero-order chi connectivity index (χ0) is 23.0. The minimum absolute atomic E-state index is 0.0878. The van der Waals surface area contributed by atoms with E-state index in [2.05, 4.69) is 79.9 Å². The number of rotatable bonds is 6. The van der Waals surface area contributed by atoms with Gasteiger partial charge in [-0.05, 0) is 66.8 Å². The van der Waals surface area contributed by atoms with Crippen LogP contribution >= 0.6 is 0 Å². The molecule has 6 heteroatoms. The SMILES string of the molecule is CC(C)(C)[Si](C)(C)Oc1cc(O[Si](C)(C)C(C)(C)C)cc(C2(C=O)CCOCC2)c1. The Morgan fingerprint density at radius 3 is 1.57 bits per heavy atom. The van der Waals surface area contributed by atoms with Crippen LogP contribution in [-0.4, -0.2) is 36.1 Å². The van der Waals surface area contributed by atoms with E-state index >= 15 is 0 Å². The molecular formula is C24H42O4Si2. The zero-order valence-corrected chi connectivity index (χ0v) is 22.8. The molecule has 1 aliphatic heterocycles. The van der Waals surface area contributed by atoms with Crippen molar-refractivity contribution in [3.05, 3.63) is 23.8 Å². The van der Waals surface area contributed by atoms with Gasteiger partial charge in [0.1, 0.15) is 17.8 Å². The largest absolute Gasteiger partial charge is 0.543 e. The van der Waals surface area contributed by atoms with Gasteiger partial charge in [-0.25, -0.2) is 0 Å². The third kappa shape index (κ3) is 5.38. The summed E-state index contributed by atoms with van der Waals surface area (Å²) in [5.74, 6) is 1.64. The molecule has 0 amide bonds. The lowest BCUT2D eigenvalue weighted by atomic mass is 9.75. The molecule has 0 aliphatic carbocycles. The van der Waals surface area contributed by atoms with Crippen LogP contribution in [0.1, 0.15) is 59.9 Å². The third-order valence-electron chi connectivity index (χ3n) is 7.42. The zero-order valence-electron chi connectivity index (χ0n) is 20.8. The van der Waals surface area contributed by atoms with Crippen molar-refractivity contribution in [1.82, 2.24) is 0 Å². The molecule has 1 aliphatic rings. The van der Waals surface area contributed by atoms with Gasteiger partial charge in [0.05, 0.1) is 5.41 Å². The molecule has 0 aromatic heterocycles. The number of carbonyl (C=O) groups excluding carboxylic acids is 1. The van der Waals surface area contributed by atoms with E-state index < -0.39 is 22.0 Å². The van der Waals surface area contributed by atoms with Gasteiger partial charge in [0, 0.05) is 19.3 Å². The summed E-state index contributed by atoms with van der Waals surface area (Å²) in [6.45, 7) is 23.6. The molecule has 1 aromatic rings. The van der Waals surface area contributed by atoms with E-state index in [1.54, 1.807) is 0 Å². The lowest BCUT2D eigenvalue weighted by Crippen LogP contribution is -2.45. The summed E-state index contributed by atoms with van der Waals surface area (Å²) < 4.78 is 18.9. The molecule has 1 aromatic carbocycles. The molecule has 1 fully saturated rings. The molecule has 170 valence electrons. The average molecular weight is 451 g/mol. The van der Waals surface area contributed by atoms with E-state index in [1.807, 2.05) is 6.07 Å². The maximum Gasteiger partial charge on any atom is 0.250 e. The van der Waals surface area contributed by atoms with Crippen LogP contribution in [0.15, 0.2) is 18.2 Å². The predicted molar refractivity (Wildman–Crippen MR) is 130 cm³/mol. The maximum absolute atomic E-state index is 12.3. The smallest absolute Gasteiger partial charge is 0.250 e. The van der Waals surface area contributed by atoms with Gasteiger partial charge in [-0.15, -0.1) is 0 Å². The van der Waals surface area contributed by atoms with Crippen molar-refractivity contribution in [3.63, 3.8) is 0 Å². The molecule has 0 atom stereocenters. The summed E-state index contributed by atoms with van der Waals surface area (Å²) in [4.78, 5) is 12.3. The summed E-state index contributed by atoms with van der Waals surface area (Å²) in [7, 11) is -4.06. The Morgan fingerprint density at radius 1 is 0.833 bits per heavy atom. The Bertz CT molecular complexity index is 705. The van der Waals surface area contributed by atoms with Crippen LogP contribution in [0.25, 0.3) is 0 Å². The van der Waals surface area contributed by atoms with E-state index in [-0.39, 0.29) is 10.1 Å². The van der Waals surface area contributed by atoms with Crippen LogP contribution in [0, 0.1) is 0 Å². The molecule has 1 heterocycles. The van der Waals surface area contributed by atoms with Gasteiger partial charge in [-0.1, -0.05) is 41.5 Å². The normalized spacial score (nSPS) is 18.1. The van der Waals surface area contributed by atoms with Crippen molar-refractivity contribution >= 4 is 22.9 Å². The summed E-state index contributed by atoms with van der Waals surface area (Å²) in [5, 5.41) is 0.176. The molecule has 0 saturated carbocycles. The minimum Gasteiger partial charge on any atom is -0.543 e. The van der Waals surface area contributed by atoms with E-state index in [0.717, 1.165) is 23.3 Å². The highest BCUT2D eigenvalue weighted by Crippen LogP contribution is 2.43. The first kappa shape index (κ1) is 25.1. The van der Waals surface area contributed by atoms with E-state index in [1.165, 1.54) is 0 Å². The molecule has 2 rings (SSSR count). The second-order valence-corrected chi connectivity index (χ2v) is 21.3. The third-order valence-corrected chi connectivity index (χ3v) is 16.1. The van der Waals surface area contributed by atoms with Crippen LogP contribution < -0.4 is 8.85 Å². The summed E-state index contributed by atoms with van der Waals surface area (Å²) >= 11 is 0. The number of hydrogen-bond donors (Lipinski definition) is 0. The predicted octanol–water partition coefficient (Wildman–Crippen LogP) is 6.70. The van der Waals surface area contributed by atoms with Crippen molar-refractivity contribution in [3.8, 4) is 11.5 Å². The average Bonchev–Trinajstić information content (AvgIpc) is 2.59. The van der Waals surface area contributed by atoms with Crippen molar-refractivity contribution in [2.45, 2.75) is 96.1 Å². The minimum atomic E-state index is -2.03. The Labute approximate surface area is 186 Å². The van der Waals surface area contributed by atoms with Crippen LogP contribution in [0.3, 0.4) is 0 Å². The van der Waals surface area contributed by atoms with E-state index in [4.69, 9.17) is 13.6 Å². The van der Waals surface area contributed by atoms with Gasteiger partial charge in [0.15, 0.2) is 0 Å². The van der Waals surface area contributed by atoms with E-state index in [0.29, 0.717) is 26.1 Å². The Kier molecular flexibility index (Phi) is 7.07. The van der Waals surface area contributed by atoms with Gasteiger partial charge < -0.3 is 18.4 Å². The molecule has 0 unspecified atom stereocenters. The second kappa shape index (κ2) is 8.43. The first-order chi connectivity index (χ1) is 13.5. The highest BCUT2D eigenvalue weighted by Gasteiger charge is 2.42. The van der Waals surface area contributed by atoms with Crippen LogP contribution in [-0.2, 0) is 14.9 Å². The Morgan fingerprint density at radius 2 is 1.23 bits per heavy atom. The van der Waals surface area contributed by atoms with Gasteiger partial charge in [0.25, 0.3) is 0 Å². The summed E-state index contributed by atoms with van der Waals surface area (Å²) in [6, 6.07) is 6.17. The first-order valence-corrected chi connectivity index (χ1v) is 16.9. The van der Waals surface area contributed by atoms with Crippen molar-refractivity contribution < 1.29 is 18.4 Å². The molecule has 4 nitrogen and oxygen atoms in total. The number of hydrogen-bond acceptors (Lipinski definition) is 4. The highest BCUT2D eigenvalue weighted by atomic mass is 28.4. The number of ether oxygens (including phenoxy) is 1.